The predicted molar refractivity (Wildman–Crippen MR) is 77.4 cm³/mol. The summed E-state index contributed by atoms with van der Waals surface area (Å²) in [6.07, 6.45) is 6.13. The van der Waals surface area contributed by atoms with E-state index in [-0.39, 0.29) is 5.91 Å². The maximum absolute atomic E-state index is 12.4. The fourth-order valence-corrected chi connectivity index (χ4v) is 4.95. The number of H-pyrrole nitrogens is 1. The van der Waals surface area contributed by atoms with Crippen LogP contribution >= 0.6 is 0 Å². The molecule has 1 aromatic carbocycles. The van der Waals surface area contributed by atoms with Crippen LogP contribution in [0.15, 0.2) is 30.5 Å². The van der Waals surface area contributed by atoms with Crippen molar-refractivity contribution < 1.29 is 4.79 Å². The Balaban J connectivity index is 1.36. The summed E-state index contributed by atoms with van der Waals surface area (Å²) < 4.78 is 0. The zero-order valence-electron chi connectivity index (χ0n) is 11.3. The number of aromatic nitrogens is 1. The molecule has 2 N–H and O–H groups in total. The number of hydrogen-bond donors (Lipinski definition) is 2. The third-order valence-electron chi connectivity index (χ3n) is 5.85. The Bertz CT molecular complexity index is 688. The van der Waals surface area contributed by atoms with Crippen LogP contribution < -0.4 is 5.32 Å². The van der Waals surface area contributed by atoms with Gasteiger partial charge in [0, 0.05) is 28.7 Å². The average Bonchev–Trinajstić information content (AvgIpc) is 2.92. The summed E-state index contributed by atoms with van der Waals surface area (Å²) in [6, 6.07) is 8.37. The monoisotopic (exact) mass is 266 g/mol. The molecule has 20 heavy (non-hydrogen) atoms. The van der Waals surface area contributed by atoms with E-state index in [1.807, 2.05) is 30.5 Å². The molecule has 2 aromatic rings. The lowest BCUT2D eigenvalue weighted by atomic mass is 10.0. The number of carbonyl (C=O) groups is 1. The van der Waals surface area contributed by atoms with Gasteiger partial charge in [-0.2, -0.15) is 0 Å². The van der Waals surface area contributed by atoms with Gasteiger partial charge in [0.1, 0.15) is 0 Å². The van der Waals surface area contributed by atoms with E-state index in [0.29, 0.717) is 6.04 Å². The molecule has 3 fully saturated rings. The highest BCUT2D eigenvalue weighted by Gasteiger charge is 2.65. The van der Waals surface area contributed by atoms with Crippen LogP contribution in [0.5, 0.6) is 0 Å². The average molecular weight is 266 g/mol. The topological polar surface area (TPSA) is 44.9 Å². The van der Waals surface area contributed by atoms with Crippen molar-refractivity contribution in [3.63, 3.8) is 0 Å². The fourth-order valence-electron chi connectivity index (χ4n) is 4.95. The lowest BCUT2D eigenvalue weighted by Crippen LogP contribution is -2.29. The molecule has 1 aromatic heterocycles. The Morgan fingerprint density at radius 2 is 1.95 bits per heavy atom. The van der Waals surface area contributed by atoms with E-state index in [1.165, 1.54) is 19.3 Å². The first-order valence-electron chi connectivity index (χ1n) is 7.69. The first-order chi connectivity index (χ1) is 9.81. The van der Waals surface area contributed by atoms with Crippen LogP contribution in [0.4, 0.5) is 0 Å². The molecule has 0 saturated heterocycles. The van der Waals surface area contributed by atoms with Gasteiger partial charge >= 0.3 is 0 Å². The molecule has 4 unspecified atom stereocenters. The minimum Gasteiger partial charge on any atom is -0.361 e. The van der Waals surface area contributed by atoms with E-state index < -0.39 is 0 Å². The van der Waals surface area contributed by atoms with Crippen molar-refractivity contribution in [3.8, 4) is 0 Å². The van der Waals surface area contributed by atoms with Crippen LogP contribution in [0.25, 0.3) is 10.9 Å². The molecule has 1 amide bonds. The molecular weight excluding hydrogens is 248 g/mol. The molecule has 3 aliphatic rings. The SMILES string of the molecule is O=C(NC1C2C3CCC(C3)C12)c1ccc2[nH]ccc2c1. The summed E-state index contributed by atoms with van der Waals surface area (Å²) in [7, 11) is 0. The number of carbonyl (C=O) groups excluding carboxylic acids is 1. The third kappa shape index (κ3) is 1.38. The van der Waals surface area contributed by atoms with Crippen LogP contribution in [0.2, 0.25) is 0 Å². The molecule has 4 atom stereocenters. The van der Waals surface area contributed by atoms with Gasteiger partial charge in [0.05, 0.1) is 0 Å². The quantitative estimate of drug-likeness (QED) is 0.862. The highest BCUT2D eigenvalue weighted by Crippen LogP contribution is 2.65. The van der Waals surface area contributed by atoms with E-state index in [9.17, 15) is 4.79 Å². The third-order valence-corrected chi connectivity index (χ3v) is 5.85. The van der Waals surface area contributed by atoms with Crippen molar-refractivity contribution in [2.45, 2.75) is 25.3 Å². The number of benzene rings is 1. The molecule has 0 spiro atoms. The molecule has 5 rings (SSSR count). The van der Waals surface area contributed by atoms with Crippen LogP contribution in [-0.4, -0.2) is 16.9 Å². The zero-order valence-corrected chi connectivity index (χ0v) is 11.3. The Morgan fingerprint density at radius 3 is 2.75 bits per heavy atom. The van der Waals surface area contributed by atoms with E-state index in [1.54, 1.807) is 0 Å². The first kappa shape index (κ1) is 11.0. The Morgan fingerprint density at radius 1 is 1.15 bits per heavy atom. The van der Waals surface area contributed by atoms with Crippen molar-refractivity contribution in [1.29, 1.82) is 0 Å². The van der Waals surface area contributed by atoms with Gasteiger partial charge in [0.15, 0.2) is 0 Å². The van der Waals surface area contributed by atoms with Crippen LogP contribution in [0.3, 0.4) is 0 Å². The Labute approximate surface area is 117 Å². The molecule has 0 aliphatic heterocycles. The van der Waals surface area contributed by atoms with Crippen molar-refractivity contribution in [1.82, 2.24) is 10.3 Å². The second-order valence-electron chi connectivity index (χ2n) is 6.77. The number of rotatable bonds is 2. The van der Waals surface area contributed by atoms with Crippen molar-refractivity contribution in [2.24, 2.45) is 23.7 Å². The number of hydrogen-bond acceptors (Lipinski definition) is 1. The van der Waals surface area contributed by atoms with Gasteiger partial charge in [-0.1, -0.05) is 0 Å². The van der Waals surface area contributed by atoms with Crippen molar-refractivity contribution >= 4 is 16.8 Å². The molecule has 3 nitrogen and oxygen atoms in total. The van der Waals surface area contributed by atoms with Gasteiger partial charge in [-0.15, -0.1) is 0 Å². The van der Waals surface area contributed by atoms with Crippen molar-refractivity contribution in [3.05, 3.63) is 36.0 Å². The fraction of sp³-hybridized carbons (Fsp3) is 0.471. The molecule has 3 aliphatic carbocycles. The van der Waals surface area contributed by atoms with Crippen LogP contribution in [0, 0.1) is 23.7 Å². The Hall–Kier alpha value is -1.77. The largest absolute Gasteiger partial charge is 0.361 e. The molecule has 0 radical (unpaired) electrons. The summed E-state index contributed by atoms with van der Waals surface area (Å²) >= 11 is 0. The van der Waals surface area contributed by atoms with E-state index in [0.717, 1.165) is 40.1 Å². The predicted octanol–water partition coefficient (Wildman–Crippen LogP) is 2.94. The molecule has 2 bridgehead atoms. The molecule has 1 heterocycles. The lowest BCUT2D eigenvalue weighted by Gasteiger charge is -2.10. The van der Waals surface area contributed by atoms with E-state index in [2.05, 4.69) is 10.3 Å². The summed E-state index contributed by atoms with van der Waals surface area (Å²) in [5.41, 5.74) is 1.87. The van der Waals surface area contributed by atoms with Gasteiger partial charge in [-0.05, 0) is 67.2 Å². The highest BCUT2D eigenvalue weighted by molar-refractivity contribution is 5.98. The summed E-state index contributed by atoms with van der Waals surface area (Å²) in [5.74, 6) is 3.51. The maximum Gasteiger partial charge on any atom is 0.251 e. The number of nitrogens with one attached hydrogen (secondary N) is 2. The molecule has 3 saturated carbocycles. The van der Waals surface area contributed by atoms with E-state index in [4.69, 9.17) is 0 Å². The normalized spacial score (nSPS) is 37.1. The van der Waals surface area contributed by atoms with Gasteiger partial charge in [-0.25, -0.2) is 0 Å². The lowest BCUT2D eigenvalue weighted by molar-refractivity contribution is 0.0944. The van der Waals surface area contributed by atoms with Crippen LogP contribution in [0.1, 0.15) is 29.6 Å². The summed E-state index contributed by atoms with van der Waals surface area (Å²) in [6.45, 7) is 0. The summed E-state index contributed by atoms with van der Waals surface area (Å²) in [5, 5.41) is 4.39. The Kier molecular flexibility index (Phi) is 2.00. The van der Waals surface area contributed by atoms with Gasteiger partial charge in [0.25, 0.3) is 5.91 Å². The minimum absolute atomic E-state index is 0.104. The second kappa shape index (κ2) is 3.66. The van der Waals surface area contributed by atoms with Gasteiger partial charge < -0.3 is 10.3 Å². The maximum atomic E-state index is 12.4. The number of amides is 1. The zero-order chi connectivity index (χ0) is 13.3. The smallest absolute Gasteiger partial charge is 0.251 e. The standard InChI is InChI=1S/C17H18N2O/c20-17(12-3-4-13-9(7-12)5-6-18-13)19-16-14-10-1-2-11(8-10)15(14)16/h3-7,10-11,14-16,18H,1-2,8H2,(H,19,20). The highest BCUT2D eigenvalue weighted by atomic mass is 16.1. The molecule has 102 valence electrons. The molecular formula is C17H18N2O. The molecule has 3 heteroatoms. The minimum atomic E-state index is 0.104. The van der Waals surface area contributed by atoms with Gasteiger partial charge in [-0.3, -0.25) is 4.79 Å². The second-order valence-corrected chi connectivity index (χ2v) is 6.77. The first-order valence-corrected chi connectivity index (χ1v) is 7.69. The summed E-state index contributed by atoms with van der Waals surface area (Å²) in [4.78, 5) is 15.6. The number of aromatic amines is 1. The van der Waals surface area contributed by atoms with E-state index >= 15 is 0 Å². The van der Waals surface area contributed by atoms with Gasteiger partial charge in [0.2, 0.25) is 0 Å². The number of fused-ring (bicyclic) bond motifs is 6. The van der Waals surface area contributed by atoms with Crippen LogP contribution in [-0.2, 0) is 0 Å². The van der Waals surface area contributed by atoms with Crippen molar-refractivity contribution in [2.75, 3.05) is 0 Å².